The molecule has 3 heterocycles. The Morgan fingerprint density at radius 2 is 1.11 bits per heavy atom. The SMILES string of the molecule is c1ccc2c(-c3c4ccccc4c(-c4ccc5sc6c(nc7ccc8ccccc8n76)c5c4)c4ccccc34)cccc2c1. The van der Waals surface area contributed by atoms with E-state index in [2.05, 4.69) is 150 Å². The van der Waals surface area contributed by atoms with Gasteiger partial charge in [0.1, 0.15) is 16.0 Å². The summed E-state index contributed by atoms with van der Waals surface area (Å²) >= 11 is 1.83. The van der Waals surface area contributed by atoms with E-state index in [1.165, 1.54) is 80.4 Å². The molecule has 10 rings (SSSR count). The van der Waals surface area contributed by atoms with Gasteiger partial charge in [-0.15, -0.1) is 11.3 Å². The number of benzene rings is 7. The van der Waals surface area contributed by atoms with Gasteiger partial charge in [-0.3, -0.25) is 4.40 Å². The second kappa shape index (κ2) is 9.00. The van der Waals surface area contributed by atoms with E-state index in [1.807, 2.05) is 11.3 Å². The monoisotopic (exact) mass is 576 g/mol. The summed E-state index contributed by atoms with van der Waals surface area (Å²) in [5.41, 5.74) is 8.32. The highest BCUT2D eigenvalue weighted by atomic mass is 32.1. The highest BCUT2D eigenvalue weighted by Crippen LogP contribution is 2.46. The first-order valence-electron chi connectivity index (χ1n) is 15.0. The molecule has 0 unspecified atom stereocenters. The molecule has 0 saturated heterocycles. The number of nitrogens with zero attached hydrogens (tertiary/aromatic N) is 2. The van der Waals surface area contributed by atoms with Gasteiger partial charge < -0.3 is 0 Å². The summed E-state index contributed by atoms with van der Waals surface area (Å²) in [6.45, 7) is 0. The van der Waals surface area contributed by atoms with Crippen molar-refractivity contribution in [2.24, 2.45) is 0 Å². The molecule has 2 nitrogen and oxygen atoms in total. The minimum atomic E-state index is 0.993. The quantitative estimate of drug-likeness (QED) is 0.187. The molecule has 0 bridgehead atoms. The minimum absolute atomic E-state index is 0.993. The fourth-order valence-electron chi connectivity index (χ4n) is 7.27. The standard InChI is InChI=1S/C41H24N2S/c1-3-13-28-25(10-1)12-9-18-29(28)39-32-16-6-4-14-30(32)38(31-15-5-7-17-33(31)39)27-20-22-36-34(24-27)40-41(44-36)43-35-19-8-2-11-26(35)21-23-37(43)42-40/h1-24H. The van der Waals surface area contributed by atoms with Crippen molar-refractivity contribution < 1.29 is 0 Å². The Balaban J connectivity index is 1.30. The van der Waals surface area contributed by atoms with Crippen LogP contribution in [0.15, 0.2) is 146 Å². The normalized spacial score (nSPS) is 12.1. The summed E-state index contributed by atoms with van der Waals surface area (Å²) in [6, 6.07) is 53.0. The Labute approximate surface area is 257 Å². The molecule has 3 aromatic heterocycles. The third-order valence-electron chi connectivity index (χ3n) is 9.17. The van der Waals surface area contributed by atoms with Gasteiger partial charge in [0.25, 0.3) is 0 Å². The second-order valence-corrected chi connectivity index (χ2v) is 12.6. The first kappa shape index (κ1) is 24.0. The molecule has 44 heavy (non-hydrogen) atoms. The van der Waals surface area contributed by atoms with Crippen LogP contribution in [0.5, 0.6) is 0 Å². The van der Waals surface area contributed by atoms with Gasteiger partial charge in [0, 0.05) is 10.1 Å². The average Bonchev–Trinajstić information content (AvgIpc) is 3.63. The number of aromatic nitrogens is 2. The van der Waals surface area contributed by atoms with Gasteiger partial charge in [-0.25, -0.2) is 4.98 Å². The van der Waals surface area contributed by atoms with Gasteiger partial charge in [0.05, 0.1) is 5.52 Å². The molecule has 0 radical (unpaired) electrons. The number of hydrogen-bond acceptors (Lipinski definition) is 2. The van der Waals surface area contributed by atoms with E-state index < -0.39 is 0 Å². The fourth-order valence-corrected chi connectivity index (χ4v) is 8.41. The lowest BCUT2D eigenvalue weighted by molar-refractivity contribution is 1.31. The fraction of sp³-hybridized carbons (Fsp3) is 0. The van der Waals surface area contributed by atoms with Crippen molar-refractivity contribution >= 4 is 80.6 Å². The summed E-state index contributed by atoms with van der Waals surface area (Å²) < 4.78 is 3.58. The predicted octanol–water partition coefficient (Wildman–Crippen LogP) is 11.6. The smallest absolute Gasteiger partial charge is 0.139 e. The summed E-state index contributed by atoms with van der Waals surface area (Å²) in [6.07, 6.45) is 0. The third kappa shape index (κ3) is 3.27. The molecular formula is C41H24N2S. The summed E-state index contributed by atoms with van der Waals surface area (Å²) in [5, 5.41) is 10.0. The Hall–Kier alpha value is -5.51. The number of pyridine rings is 1. The molecule has 204 valence electrons. The maximum absolute atomic E-state index is 5.17. The van der Waals surface area contributed by atoms with Crippen molar-refractivity contribution in [3.8, 4) is 22.3 Å². The topological polar surface area (TPSA) is 17.3 Å². The molecule has 0 amide bonds. The van der Waals surface area contributed by atoms with E-state index in [-0.39, 0.29) is 0 Å². The van der Waals surface area contributed by atoms with Crippen LogP contribution < -0.4 is 0 Å². The molecule has 0 aliphatic heterocycles. The van der Waals surface area contributed by atoms with Gasteiger partial charge >= 0.3 is 0 Å². The first-order chi connectivity index (χ1) is 21.8. The van der Waals surface area contributed by atoms with Gasteiger partial charge in [0.15, 0.2) is 0 Å². The Morgan fingerprint density at radius 3 is 1.89 bits per heavy atom. The summed E-state index contributed by atoms with van der Waals surface area (Å²) in [7, 11) is 0. The maximum atomic E-state index is 5.17. The van der Waals surface area contributed by atoms with Crippen LogP contribution in [0.4, 0.5) is 0 Å². The van der Waals surface area contributed by atoms with E-state index >= 15 is 0 Å². The number of thiophene rings is 1. The van der Waals surface area contributed by atoms with Crippen molar-refractivity contribution in [2.45, 2.75) is 0 Å². The Morgan fingerprint density at radius 1 is 0.477 bits per heavy atom. The van der Waals surface area contributed by atoms with Gasteiger partial charge in [0.2, 0.25) is 0 Å². The lowest BCUT2D eigenvalue weighted by Gasteiger charge is -2.18. The van der Waals surface area contributed by atoms with Crippen LogP contribution >= 0.6 is 11.3 Å². The molecule has 10 aromatic rings. The zero-order chi connectivity index (χ0) is 28.8. The zero-order valence-corrected chi connectivity index (χ0v) is 24.5. The number of hydrogen-bond donors (Lipinski definition) is 0. The van der Waals surface area contributed by atoms with Crippen molar-refractivity contribution in [3.63, 3.8) is 0 Å². The van der Waals surface area contributed by atoms with E-state index in [0.29, 0.717) is 0 Å². The van der Waals surface area contributed by atoms with Crippen LogP contribution in [-0.2, 0) is 0 Å². The minimum Gasteiger partial charge on any atom is -0.284 e. The largest absolute Gasteiger partial charge is 0.284 e. The molecule has 0 aliphatic carbocycles. The van der Waals surface area contributed by atoms with Crippen molar-refractivity contribution in [2.75, 3.05) is 0 Å². The summed E-state index contributed by atoms with van der Waals surface area (Å²) in [5.74, 6) is 0. The molecule has 0 N–H and O–H groups in total. The van der Waals surface area contributed by atoms with Crippen LogP contribution in [-0.4, -0.2) is 9.38 Å². The predicted molar refractivity (Wildman–Crippen MR) is 189 cm³/mol. The Kier molecular flexibility index (Phi) is 4.90. The Bertz CT molecular complexity index is 2720. The second-order valence-electron chi connectivity index (χ2n) is 11.5. The van der Waals surface area contributed by atoms with E-state index in [9.17, 15) is 0 Å². The van der Waals surface area contributed by atoms with Crippen LogP contribution in [0, 0.1) is 0 Å². The molecular weight excluding hydrogens is 553 g/mol. The van der Waals surface area contributed by atoms with Gasteiger partial charge in [-0.2, -0.15) is 0 Å². The van der Waals surface area contributed by atoms with E-state index in [0.717, 1.165) is 11.2 Å². The lowest BCUT2D eigenvalue weighted by atomic mass is 9.84. The zero-order valence-electron chi connectivity index (χ0n) is 23.7. The summed E-state index contributed by atoms with van der Waals surface area (Å²) in [4.78, 5) is 6.37. The molecule has 0 atom stereocenters. The first-order valence-corrected chi connectivity index (χ1v) is 15.8. The van der Waals surface area contributed by atoms with E-state index in [4.69, 9.17) is 4.98 Å². The van der Waals surface area contributed by atoms with Crippen molar-refractivity contribution in [1.82, 2.24) is 9.38 Å². The molecule has 0 fully saturated rings. The third-order valence-corrected chi connectivity index (χ3v) is 10.3. The average molecular weight is 577 g/mol. The van der Waals surface area contributed by atoms with Crippen LogP contribution in [0.2, 0.25) is 0 Å². The molecule has 0 spiro atoms. The molecule has 0 aliphatic rings. The number of para-hydroxylation sites is 1. The number of imidazole rings is 1. The lowest BCUT2D eigenvalue weighted by Crippen LogP contribution is -1.91. The van der Waals surface area contributed by atoms with Gasteiger partial charge in [-0.1, -0.05) is 115 Å². The van der Waals surface area contributed by atoms with Crippen LogP contribution in [0.25, 0.3) is 91.6 Å². The maximum Gasteiger partial charge on any atom is 0.139 e. The highest BCUT2D eigenvalue weighted by Gasteiger charge is 2.20. The van der Waals surface area contributed by atoms with Crippen LogP contribution in [0.1, 0.15) is 0 Å². The number of fused-ring (bicyclic) bond motifs is 10. The van der Waals surface area contributed by atoms with Crippen molar-refractivity contribution in [3.05, 3.63) is 146 Å². The number of rotatable bonds is 2. The molecule has 3 heteroatoms. The molecule has 7 aromatic carbocycles. The molecule has 0 saturated carbocycles. The highest BCUT2D eigenvalue weighted by molar-refractivity contribution is 7.25. The van der Waals surface area contributed by atoms with Crippen LogP contribution in [0.3, 0.4) is 0 Å². The van der Waals surface area contributed by atoms with E-state index in [1.54, 1.807) is 0 Å². The van der Waals surface area contributed by atoms with Crippen molar-refractivity contribution in [1.29, 1.82) is 0 Å². The van der Waals surface area contributed by atoms with Gasteiger partial charge in [-0.05, 0) is 90.3 Å².